The maximum absolute atomic E-state index is 14.5. The molecule has 7 rings (SSSR count). The van der Waals surface area contributed by atoms with Crippen LogP contribution in [0.3, 0.4) is 0 Å². The molecule has 252 valence electrons. The van der Waals surface area contributed by atoms with Crippen LogP contribution in [-0.4, -0.2) is 64.8 Å². The second kappa shape index (κ2) is 14.6. The number of ether oxygens (including phenoxy) is 1. The summed E-state index contributed by atoms with van der Waals surface area (Å²) in [6, 6.07) is 17.3. The topological polar surface area (TPSA) is 50.6 Å². The Morgan fingerprint density at radius 2 is 1.74 bits per heavy atom. The van der Waals surface area contributed by atoms with Crippen molar-refractivity contribution in [3.8, 4) is 0 Å². The molecule has 0 N–H and O–H groups in total. The quantitative estimate of drug-likeness (QED) is 0.215. The predicted molar refractivity (Wildman–Crippen MR) is 184 cm³/mol. The molecule has 0 bridgehead atoms. The largest absolute Gasteiger partial charge is 0.460 e. The minimum atomic E-state index is -0.464. The molecule has 1 saturated carbocycles. The van der Waals surface area contributed by atoms with E-state index < -0.39 is 5.41 Å². The molecule has 3 aromatic rings. The van der Waals surface area contributed by atoms with Crippen molar-refractivity contribution in [2.24, 2.45) is 11.3 Å². The zero-order chi connectivity index (χ0) is 32.2. The van der Waals surface area contributed by atoms with Crippen molar-refractivity contribution in [2.75, 3.05) is 39.3 Å². The summed E-state index contributed by atoms with van der Waals surface area (Å²) < 4.78 is 22.9. The third-order valence-corrected chi connectivity index (χ3v) is 11.8. The second-order valence-electron chi connectivity index (χ2n) is 14.9. The van der Waals surface area contributed by atoms with Crippen molar-refractivity contribution in [3.63, 3.8) is 0 Å². The Morgan fingerprint density at radius 1 is 0.936 bits per heavy atom. The van der Waals surface area contributed by atoms with Crippen LogP contribution in [0.15, 0.2) is 54.6 Å². The number of aryl methyl sites for hydroxylation is 2. The van der Waals surface area contributed by atoms with Crippen molar-refractivity contribution in [1.82, 2.24) is 19.6 Å². The van der Waals surface area contributed by atoms with Crippen LogP contribution in [0.25, 0.3) is 0 Å². The number of esters is 1. The Kier molecular flexibility index (Phi) is 10.1. The molecule has 0 radical (unpaired) electrons. The first-order chi connectivity index (χ1) is 23.0. The summed E-state index contributed by atoms with van der Waals surface area (Å²) in [4.78, 5) is 19.0. The summed E-state index contributed by atoms with van der Waals surface area (Å²) in [6.45, 7) is 9.40. The SMILES string of the molecule is CCc1nn2c(c1C1CCN(C[C@H]3CN(CC4(C(=O)OCc5ccccc5)CCCCC4)C[C@@H]3c3cccc(F)c3)CC1)CCCC2. The highest BCUT2D eigenvalue weighted by Crippen LogP contribution is 2.43. The van der Waals surface area contributed by atoms with E-state index >= 15 is 0 Å². The normalized spacial score (nSPS) is 23.9. The van der Waals surface area contributed by atoms with Gasteiger partial charge >= 0.3 is 5.97 Å². The summed E-state index contributed by atoms with van der Waals surface area (Å²) in [6.07, 6.45) is 12.2. The maximum atomic E-state index is 14.5. The van der Waals surface area contributed by atoms with Gasteiger partial charge in [-0.05, 0) is 105 Å². The van der Waals surface area contributed by atoms with Crippen LogP contribution in [0, 0.1) is 17.2 Å². The highest BCUT2D eigenvalue weighted by atomic mass is 19.1. The number of piperidine rings is 1. The van der Waals surface area contributed by atoms with Crippen molar-refractivity contribution >= 4 is 5.97 Å². The zero-order valence-corrected chi connectivity index (χ0v) is 28.3. The number of hydrogen-bond donors (Lipinski definition) is 0. The molecule has 1 aromatic heterocycles. The van der Waals surface area contributed by atoms with Gasteiger partial charge in [-0.25, -0.2) is 4.39 Å². The molecule has 2 atom stereocenters. The Labute approximate surface area is 280 Å². The summed E-state index contributed by atoms with van der Waals surface area (Å²) in [5.41, 5.74) is 6.08. The molecule has 3 fully saturated rings. The van der Waals surface area contributed by atoms with E-state index in [2.05, 4.69) is 27.5 Å². The van der Waals surface area contributed by atoms with Crippen molar-refractivity contribution in [2.45, 2.75) is 103 Å². The Hall–Kier alpha value is -3.03. The smallest absolute Gasteiger partial charge is 0.313 e. The van der Waals surface area contributed by atoms with Crippen molar-refractivity contribution < 1.29 is 13.9 Å². The summed E-state index contributed by atoms with van der Waals surface area (Å²) in [7, 11) is 0. The van der Waals surface area contributed by atoms with Gasteiger partial charge in [0.25, 0.3) is 0 Å². The molecule has 0 unspecified atom stereocenters. The maximum Gasteiger partial charge on any atom is 0.313 e. The molecule has 0 amide bonds. The third kappa shape index (κ3) is 7.22. The Morgan fingerprint density at radius 3 is 2.51 bits per heavy atom. The lowest BCUT2D eigenvalue weighted by Gasteiger charge is -2.38. The minimum absolute atomic E-state index is 0.0392. The van der Waals surface area contributed by atoms with Crippen LogP contribution >= 0.6 is 0 Å². The number of halogens is 1. The summed E-state index contributed by atoms with van der Waals surface area (Å²) in [5, 5.41) is 5.03. The van der Waals surface area contributed by atoms with Gasteiger partial charge in [0, 0.05) is 44.3 Å². The Balaban J connectivity index is 1.04. The van der Waals surface area contributed by atoms with E-state index in [0.29, 0.717) is 18.4 Å². The average Bonchev–Trinajstić information content (AvgIpc) is 3.69. The number of fused-ring (bicyclic) bond motifs is 1. The number of carbonyl (C=O) groups is 1. The molecule has 2 aromatic carbocycles. The molecular weight excluding hydrogens is 587 g/mol. The number of rotatable bonds is 10. The molecule has 7 heteroatoms. The lowest BCUT2D eigenvalue weighted by atomic mass is 9.73. The van der Waals surface area contributed by atoms with Gasteiger partial charge in [-0.15, -0.1) is 0 Å². The van der Waals surface area contributed by atoms with Crippen LogP contribution in [0.4, 0.5) is 4.39 Å². The van der Waals surface area contributed by atoms with E-state index in [1.165, 1.54) is 49.9 Å². The van der Waals surface area contributed by atoms with Gasteiger partial charge in [-0.3, -0.25) is 9.48 Å². The number of aromatic nitrogens is 2. The highest BCUT2D eigenvalue weighted by Gasteiger charge is 2.45. The fourth-order valence-corrected chi connectivity index (χ4v) is 9.39. The number of nitrogens with zero attached hydrogens (tertiary/aromatic N) is 4. The molecule has 2 saturated heterocycles. The molecule has 0 spiro atoms. The molecule has 6 nitrogen and oxygen atoms in total. The number of carbonyl (C=O) groups excluding carboxylic acids is 1. The fourth-order valence-electron chi connectivity index (χ4n) is 9.39. The average molecular weight is 641 g/mol. The van der Waals surface area contributed by atoms with E-state index in [1.807, 2.05) is 36.4 Å². The van der Waals surface area contributed by atoms with Gasteiger partial charge in [-0.2, -0.15) is 5.10 Å². The summed E-state index contributed by atoms with van der Waals surface area (Å²) >= 11 is 0. The van der Waals surface area contributed by atoms with Gasteiger partial charge in [0.2, 0.25) is 0 Å². The standard InChI is InChI=1S/C40H53FN4O2/c1-2-36-38(37-16-7-10-21-45(37)42-36)31-17-22-43(23-18-31)25-33-26-44(27-35(33)32-14-11-15-34(41)24-32)29-40(19-8-4-9-20-40)39(46)47-28-30-12-5-3-6-13-30/h3,5-6,11-15,24,31,33,35H,2,4,7-10,16-23,25-29H2,1H3/t33-,35+/m0/s1. The fraction of sp³-hybridized carbons (Fsp3) is 0.600. The molecule has 47 heavy (non-hydrogen) atoms. The number of benzene rings is 2. The van der Waals surface area contributed by atoms with Crippen LogP contribution in [0.1, 0.15) is 105 Å². The number of hydrogen-bond acceptors (Lipinski definition) is 5. The second-order valence-corrected chi connectivity index (χ2v) is 14.9. The van der Waals surface area contributed by atoms with Gasteiger partial charge in [0.05, 0.1) is 11.1 Å². The first kappa shape index (κ1) is 32.5. The van der Waals surface area contributed by atoms with Crippen LogP contribution in [-0.2, 0) is 35.5 Å². The van der Waals surface area contributed by atoms with Crippen molar-refractivity contribution in [1.29, 1.82) is 0 Å². The minimum Gasteiger partial charge on any atom is -0.460 e. The van der Waals surface area contributed by atoms with Crippen LogP contribution in [0.2, 0.25) is 0 Å². The first-order valence-corrected chi connectivity index (χ1v) is 18.5. The molecule has 4 aliphatic rings. The highest BCUT2D eigenvalue weighted by molar-refractivity contribution is 5.77. The van der Waals surface area contributed by atoms with Crippen molar-refractivity contribution in [3.05, 3.63) is 88.5 Å². The van der Waals surface area contributed by atoms with E-state index in [4.69, 9.17) is 9.84 Å². The third-order valence-electron chi connectivity index (χ3n) is 11.8. The van der Waals surface area contributed by atoms with E-state index in [1.54, 1.807) is 17.7 Å². The van der Waals surface area contributed by atoms with Gasteiger partial charge in [0.15, 0.2) is 0 Å². The lowest BCUT2D eigenvalue weighted by molar-refractivity contribution is -0.161. The molecule has 4 heterocycles. The summed E-state index contributed by atoms with van der Waals surface area (Å²) in [5.74, 6) is 1.05. The lowest BCUT2D eigenvalue weighted by Crippen LogP contribution is -2.45. The van der Waals surface area contributed by atoms with E-state index in [0.717, 1.165) is 89.0 Å². The number of likely N-dealkylation sites (tertiary alicyclic amines) is 2. The molecule has 3 aliphatic heterocycles. The van der Waals surface area contributed by atoms with Gasteiger partial charge in [0.1, 0.15) is 12.4 Å². The van der Waals surface area contributed by atoms with E-state index in [9.17, 15) is 9.18 Å². The van der Waals surface area contributed by atoms with Crippen LogP contribution < -0.4 is 0 Å². The van der Waals surface area contributed by atoms with Gasteiger partial charge in [-0.1, -0.05) is 68.7 Å². The predicted octanol–water partition coefficient (Wildman–Crippen LogP) is 7.51. The first-order valence-electron chi connectivity index (χ1n) is 18.5. The monoisotopic (exact) mass is 640 g/mol. The Bertz CT molecular complexity index is 1490. The van der Waals surface area contributed by atoms with E-state index in [-0.39, 0.29) is 17.7 Å². The molecule has 1 aliphatic carbocycles. The van der Waals surface area contributed by atoms with Crippen LogP contribution in [0.5, 0.6) is 0 Å². The van der Waals surface area contributed by atoms with Gasteiger partial charge < -0.3 is 14.5 Å². The molecular formula is C40H53FN4O2. The zero-order valence-electron chi connectivity index (χ0n) is 28.3.